The molecule has 14 heavy (non-hydrogen) atoms. The second-order valence-corrected chi connectivity index (χ2v) is 3.15. The van der Waals surface area contributed by atoms with Crippen LogP contribution >= 0.6 is 0 Å². The van der Waals surface area contributed by atoms with Crippen LogP contribution in [-0.2, 0) is 13.6 Å². The molecule has 0 fully saturated rings. The van der Waals surface area contributed by atoms with E-state index in [4.69, 9.17) is 4.52 Å². The fourth-order valence-corrected chi connectivity index (χ4v) is 1.20. The Hall–Kier alpha value is -1.78. The Morgan fingerprint density at radius 2 is 2.43 bits per heavy atom. The van der Waals surface area contributed by atoms with Gasteiger partial charge < -0.3 is 14.4 Å². The Balaban J connectivity index is 1.98. The van der Waals surface area contributed by atoms with Gasteiger partial charge in [0.25, 0.3) is 0 Å². The van der Waals surface area contributed by atoms with Gasteiger partial charge in [-0.05, 0) is 6.92 Å². The highest BCUT2D eigenvalue weighted by Gasteiger charge is 2.02. The monoisotopic (exact) mass is 192 g/mol. The third-order valence-electron chi connectivity index (χ3n) is 1.92. The highest BCUT2D eigenvalue weighted by Crippen LogP contribution is 2.06. The Kier molecular flexibility index (Phi) is 2.22. The normalized spacial score (nSPS) is 10.4. The van der Waals surface area contributed by atoms with E-state index in [1.165, 1.54) is 0 Å². The first-order chi connectivity index (χ1) is 6.75. The van der Waals surface area contributed by atoms with E-state index in [0.717, 1.165) is 17.4 Å². The maximum atomic E-state index is 5.05. The van der Waals surface area contributed by atoms with E-state index in [1.807, 2.05) is 30.8 Å². The van der Waals surface area contributed by atoms with E-state index < -0.39 is 0 Å². The SMILES string of the molecule is Cc1cc(CNc2nccn2C)on1. The van der Waals surface area contributed by atoms with Gasteiger partial charge in [0.2, 0.25) is 5.95 Å². The predicted octanol–water partition coefficient (Wildman–Crippen LogP) is 1.33. The van der Waals surface area contributed by atoms with E-state index in [2.05, 4.69) is 15.5 Å². The molecule has 0 bridgehead atoms. The number of nitrogens with one attached hydrogen (secondary N) is 1. The lowest BCUT2D eigenvalue weighted by atomic mass is 10.4. The minimum Gasteiger partial charge on any atom is -0.359 e. The van der Waals surface area contributed by atoms with Crippen LogP contribution < -0.4 is 5.32 Å². The summed E-state index contributed by atoms with van der Waals surface area (Å²) in [5.74, 6) is 1.63. The van der Waals surface area contributed by atoms with Gasteiger partial charge in [0.15, 0.2) is 5.76 Å². The number of imidazole rings is 1. The molecular weight excluding hydrogens is 180 g/mol. The van der Waals surface area contributed by atoms with E-state index in [-0.39, 0.29) is 0 Å². The highest BCUT2D eigenvalue weighted by molar-refractivity contribution is 5.26. The van der Waals surface area contributed by atoms with Gasteiger partial charge in [-0.3, -0.25) is 0 Å². The summed E-state index contributed by atoms with van der Waals surface area (Å²) in [7, 11) is 1.93. The molecule has 0 saturated carbocycles. The van der Waals surface area contributed by atoms with Crippen LogP contribution in [0.15, 0.2) is 23.0 Å². The fourth-order valence-electron chi connectivity index (χ4n) is 1.20. The van der Waals surface area contributed by atoms with Crippen LogP contribution in [0.25, 0.3) is 0 Å². The lowest BCUT2D eigenvalue weighted by molar-refractivity contribution is 0.384. The van der Waals surface area contributed by atoms with E-state index in [9.17, 15) is 0 Å². The molecule has 0 aliphatic carbocycles. The van der Waals surface area contributed by atoms with Crippen molar-refractivity contribution in [2.24, 2.45) is 7.05 Å². The van der Waals surface area contributed by atoms with Gasteiger partial charge >= 0.3 is 0 Å². The van der Waals surface area contributed by atoms with Crippen LogP contribution in [0, 0.1) is 6.92 Å². The average molecular weight is 192 g/mol. The summed E-state index contributed by atoms with van der Waals surface area (Å²) in [6, 6.07) is 1.90. The molecule has 0 atom stereocenters. The van der Waals surface area contributed by atoms with E-state index in [0.29, 0.717) is 6.54 Å². The van der Waals surface area contributed by atoms with Crippen LogP contribution in [0.3, 0.4) is 0 Å². The van der Waals surface area contributed by atoms with Crippen molar-refractivity contribution >= 4 is 5.95 Å². The quantitative estimate of drug-likeness (QED) is 0.797. The molecule has 5 heteroatoms. The van der Waals surface area contributed by atoms with Gasteiger partial charge in [-0.2, -0.15) is 0 Å². The number of hydrogen-bond acceptors (Lipinski definition) is 4. The zero-order chi connectivity index (χ0) is 9.97. The van der Waals surface area contributed by atoms with Crippen molar-refractivity contribution in [3.63, 3.8) is 0 Å². The maximum Gasteiger partial charge on any atom is 0.202 e. The van der Waals surface area contributed by atoms with E-state index >= 15 is 0 Å². The van der Waals surface area contributed by atoms with Gasteiger partial charge in [0, 0.05) is 25.5 Å². The number of aryl methyl sites for hydroxylation is 2. The lowest BCUT2D eigenvalue weighted by Crippen LogP contribution is -2.03. The Morgan fingerprint density at radius 1 is 1.57 bits per heavy atom. The summed E-state index contributed by atoms with van der Waals surface area (Å²) in [6.45, 7) is 2.50. The fraction of sp³-hybridized carbons (Fsp3) is 0.333. The van der Waals surface area contributed by atoms with Crippen molar-refractivity contribution in [3.05, 3.63) is 29.9 Å². The maximum absolute atomic E-state index is 5.05. The summed E-state index contributed by atoms with van der Waals surface area (Å²) in [4.78, 5) is 4.13. The number of anilines is 1. The minimum absolute atomic E-state index is 0.603. The van der Waals surface area contributed by atoms with Gasteiger partial charge in [0.05, 0.1) is 12.2 Å². The molecule has 2 aromatic heterocycles. The molecule has 0 amide bonds. The number of rotatable bonds is 3. The first-order valence-corrected chi connectivity index (χ1v) is 4.39. The molecule has 5 nitrogen and oxygen atoms in total. The molecule has 0 aliphatic heterocycles. The first-order valence-electron chi connectivity index (χ1n) is 4.39. The molecule has 2 heterocycles. The topological polar surface area (TPSA) is 55.9 Å². The second kappa shape index (κ2) is 3.53. The number of aromatic nitrogens is 3. The Morgan fingerprint density at radius 3 is 3.00 bits per heavy atom. The lowest BCUT2D eigenvalue weighted by Gasteiger charge is -2.02. The molecule has 2 aromatic rings. The molecule has 0 saturated heterocycles. The molecule has 0 radical (unpaired) electrons. The third-order valence-corrected chi connectivity index (χ3v) is 1.92. The summed E-state index contributed by atoms with van der Waals surface area (Å²) in [5.41, 5.74) is 0.890. The standard InChI is InChI=1S/C9H12N4O/c1-7-5-8(14-12-7)6-11-9-10-3-4-13(9)2/h3-5H,6H2,1-2H3,(H,10,11). The summed E-state index contributed by atoms with van der Waals surface area (Å²) < 4.78 is 6.96. The smallest absolute Gasteiger partial charge is 0.202 e. The molecule has 1 N–H and O–H groups in total. The molecule has 0 spiro atoms. The van der Waals surface area contributed by atoms with Crippen molar-refractivity contribution in [1.29, 1.82) is 0 Å². The molecule has 2 rings (SSSR count). The number of nitrogens with zero attached hydrogens (tertiary/aromatic N) is 3. The van der Waals surface area contributed by atoms with Crippen molar-refractivity contribution in [2.45, 2.75) is 13.5 Å². The van der Waals surface area contributed by atoms with E-state index in [1.54, 1.807) is 6.20 Å². The van der Waals surface area contributed by atoms with Gasteiger partial charge in [0.1, 0.15) is 0 Å². The van der Waals surface area contributed by atoms with Crippen molar-refractivity contribution < 1.29 is 4.52 Å². The number of hydrogen-bond donors (Lipinski definition) is 1. The highest BCUT2D eigenvalue weighted by atomic mass is 16.5. The Bertz CT molecular complexity index is 418. The minimum atomic E-state index is 0.603. The van der Waals surface area contributed by atoms with Crippen molar-refractivity contribution in [1.82, 2.24) is 14.7 Å². The van der Waals surface area contributed by atoms with Crippen LogP contribution in [0.1, 0.15) is 11.5 Å². The van der Waals surface area contributed by atoms with Gasteiger partial charge in [-0.15, -0.1) is 0 Å². The Labute approximate surface area is 81.7 Å². The summed E-state index contributed by atoms with van der Waals surface area (Å²) in [6.07, 6.45) is 3.63. The molecule has 0 aliphatic rings. The third kappa shape index (κ3) is 1.76. The summed E-state index contributed by atoms with van der Waals surface area (Å²) in [5, 5.41) is 6.94. The zero-order valence-electron chi connectivity index (χ0n) is 8.19. The largest absolute Gasteiger partial charge is 0.359 e. The molecular formula is C9H12N4O. The molecule has 74 valence electrons. The van der Waals surface area contributed by atoms with Crippen molar-refractivity contribution in [3.8, 4) is 0 Å². The van der Waals surface area contributed by atoms with Crippen LogP contribution in [0.4, 0.5) is 5.95 Å². The summed E-state index contributed by atoms with van der Waals surface area (Å²) >= 11 is 0. The average Bonchev–Trinajstić information content (AvgIpc) is 2.72. The van der Waals surface area contributed by atoms with Crippen LogP contribution in [-0.4, -0.2) is 14.7 Å². The zero-order valence-corrected chi connectivity index (χ0v) is 8.19. The van der Waals surface area contributed by atoms with Crippen LogP contribution in [0.5, 0.6) is 0 Å². The van der Waals surface area contributed by atoms with Gasteiger partial charge in [-0.25, -0.2) is 4.98 Å². The van der Waals surface area contributed by atoms with Crippen molar-refractivity contribution in [2.75, 3.05) is 5.32 Å². The molecule has 0 aromatic carbocycles. The van der Waals surface area contributed by atoms with Crippen LogP contribution in [0.2, 0.25) is 0 Å². The molecule has 0 unspecified atom stereocenters. The van der Waals surface area contributed by atoms with Gasteiger partial charge in [-0.1, -0.05) is 5.16 Å². The second-order valence-electron chi connectivity index (χ2n) is 3.15. The first kappa shape index (κ1) is 8.80. The predicted molar refractivity (Wildman–Crippen MR) is 51.8 cm³/mol.